The molecule has 0 aliphatic carbocycles. The fraction of sp³-hybridized carbons (Fsp3) is 0.944. The number of carbonyl (C=O) groups excluding carboxylic acids is 1. The van der Waals surface area contributed by atoms with Crippen LogP contribution in [0.4, 0.5) is 0 Å². The molecule has 0 radical (unpaired) electrons. The highest BCUT2D eigenvalue weighted by Gasteiger charge is 2.23. The van der Waals surface area contributed by atoms with E-state index in [0.29, 0.717) is 19.6 Å². The molecular weight excluding hydrogens is 292 g/mol. The van der Waals surface area contributed by atoms with E-state index in [1.165, 1.54) is 0 Å². The number of rotatable bonds is 12. The Balaban J connectivity index is 3.93. The smallest absolute Gasteiger partial charge is 0.220 e. The molecule has 1 amide bonds. The maximum absolute atomic E-state index is 11.5. The Morgan fingerprint density at radius 1 is 1.00 bits per heavy atom. The van der Waals surface area contributed by atoms with E-state index in [4.69, 9.17) is 9.47 Å². The van der Waals surface area contributed by atoms with E-state index in [9.17, 15) is 4.79 Å². The van der Waals surface area contributed by atoms with Crippen molar-refractivity contribution in [1.29, 1.82) is 0 Å². The lowest BCUT2D eigenvalue weighted by Crippen LogP contribution is -2.44. The molecule has 0 atom stereocenters. The molecule has 0 fully saturated rings. The Bertz CT molecular complexity index is 347. The Morgan fingerprint density at radius 2 is 1.61 bits per heavy atom. The number of nitrogens with zero attached hydrogens (tertiary/aromatic N) is 1. The summed E-state index contributed by atoms with van der Waals surface area (Å²) in [5.74, 6) is 0.0833. The minimum Gasteiger partial charge on any atom is -0.375 e. The van der Waals surface area contributed by atoms with E-state index in [1.807, 2.05) is 20.8 Å². The predicted molar refractivity (Wildman–Crippen MR) is 95.5 cm³/mol. The van der Waals surface area contributed by atoms with Gasteiger partial charge >= 0.3 is 0 Å². The summed E-state index contributed by atoms with van der Waals surface area (Å²) in [5, 5.41) is 3.02. The molecule has 138 valence electrons. The highest BCUT2D eigenvalue weighted by Crippen LogP contribution is 2.17. The van der Waals surface area contributed by atoms with Gasteiger partial charge in [0.05, 0.1) is 33.4 Å². The maximum Gasteiger partial charge on any atom is 0.220 e. The fourth-order valence-electron chi connectivity index (χ4n) is 1.94. The van der Waals surface area contributed by atoms with E-state index >= 15 is 0 Å². The molecular formula is C18H39N2O3+. The fourth-order valence-corrected chi connectivity index (χ4v) is 1.94. The molecule has 0 aromatic rings. The Morgan fingerprint density at radius 3 is 2.13 bits per heavy atom. The molecule has 0 bridgehead atoms. The van der Waals surface area contributed by atoms with Crippen molar-refractivity contribution in [3.8, 4) is 0 Å². The monoisotopic (exact) mass is 331 g/mol. The molecule has 0 heterocycles. The van der Waals surface area contributed by atoms with Crippen molar-refractivity contribution in [1.82, 2.24) is 5.32 Å². The summed E-state index contributed by atoms with van der Waals surface area (Å²) in [6.45, 7) is 13.2. The van der Waals surface area contributed by atoms with Crippen LogP contribution in [-0.2, 0) is 14.3 Å². The maximum atomic E-state index is 11.5. The average Bonchev–Trinajstić information content (AvgIpc) is 2.35. The van der Waals surface area contributed by atoms with Gasteiger partial charge in [0, 0.05) is 25.2 Å². The van der Waals surface area contributed by atoms with Gasteiger partial charge in [-0.1, -0.05) is 6.92 Å². The normalized spacial score (nSPS) is 13.2. The molecule has 5 heteroatoms. The summed E-state index contributed by atoms with van der Waals surface area (Å²) < 4.78 is 12.6. The minimum atomic E-state index is -0.232. The van der Waals surface area contributed by atoms with Crippen LogP contribution in [0, 0.1) is 0 Å². The summed E-state index contributed by atoms with van der Waals surface area (Å²) in [4.78, 5) is 11.5. The first kappa shape index (κ1) is 22.4. The largest absolute Gasteiger partial charge is 0.375 e. The number of hydrogen-bond donors (Lipinski definition) is 1. The summed E-state index contributed by atoms with van der Waals surface area (Å²) >= 11 is 0. The molecule has 23 heavy (non-hydrogen) atoms. The lowest BCUT2D eigenvalue weighted by atomic mass is 10.0. The highest BCUT2D eigenvalue weighted by atomic mass is 16.5. The SMILES string of the molecule is CCC(=O)NC(C)(C)CCOC(C)(C)CCOCC[N+](C)(C)C. The number of quaternary nitrogens is 1. The van der Waals surface area contributed by atoms with Crippen LogP contribution in [0.15, 0.2) is 0 Å². The third kappa shape index (κ3) is 13.5. The van der Waals surface area contributed by atoms with Crippen molar-refractivity contribution >= 4 is 5.91 Å². The summed E-state index contributed by atoms with van der Waals surface area (Å²) in [6.07, 6.45) is 2.18. The summed E-state index contributed by atoms with van der Waals surface area (Å²) in [7, 11) is 6.49. The summed E-state index contributed by atoms with van der Waals surface area (Å²) in [6, 6.07) is 0. The van der Waals surface area contributed by atoms with Crippen LogP contribution in [0.1, 0.15) is 53.9 Å². The third-order valence-electron chi connectivity index (χ3n) is 3.77. The van der Waals surface area contributed by atoms with Gasteiger partial charge in [-0.3, -0.25) is 4.79 Å². The standard InChI is InChI=1S/C18H38N2O3/c1-9-16(21)19-17(2,3)10-14-23-18(4,5)11-13-22-15-12-20(6,7)8/h9-15H2,1-8H3/p+1. The van der Waals surface area contributed by atoms with Crippen molar-refractivity contribution in [3.05, 3.63) is 0 Å². The van der Waals surface area contributed by atoms with Gasteiger partial charge in [-0.2, -0.15) is 0 Å². The Labute approximate surface area is 143 Å². The number of ether oxygens (including phenoxy) is 2. The van der Waals surface area contributed by atoms with Crippen LogP contribution < -0.4 is 5.32 Å². The molecule has 0 unspecified atom stereocenters. The van der Waals surface area contributed by atoms with Crippen molar-refractivity contribution in [2.45, 2.75) is 65.0 Å². The quantitative estimate of drug-likeness (QED) is 0.442. The number of hydrogen-bond acceptors (Lipinski definition) is 3. The summed E-state index contributed by atoms with van der Waals surface area (Å²) in [5.41, 5.74) is -0.439. The first-order valence-electron chi connectivity index (χ1n) is 8.70. The lowest BCUT2D eigenvalue weighted by molar-refractivity contribution is -0.870. The number of amides is 1. The molecule has 1 N–H and O–H groups in total. The second-order valence-electron chi connectivity index (χ2n) is 8.52. The second-order valence-corrected chi connectivity index (χ2v) is 8.52. The zero-order chi connectivity index (χ0) is 18.1. The third-order valence-corrected chi connectivity index (χ3v) is 3.77. The van der Waals surface area contributed by atoms with Gasteiger partial charge in [-0.05, 0) is 40.5 Å². The molecule has 0 saturated carbocycles. The van der Waals surface area contributed by atoms with Crippen LogP contribution in [0.2, 0.25) is 0 Å². The van der Waals surface area contributed by atoms with Gasteiger partial charge in [0.25, 0.3) is 0 Å². The van der Waals surface area contributed by atoms with Crippen LogP contribution in [0.25, 0.3) is 0 Å². The topological polar surface area (TPSA) is 47.6 Å². The lowest BCUT2D eigenvalue weighted by Gasteiger charge is -2.30. The molecule has 0 aromatic carbocycles. The molecule has 0 aromatic heterocycles. The van der Waals surface area contributed by atoms with Crippen molar-refractivity contribution in [3.63, 3.8) is 0 Å². The predicted octanol–water partition coefficient (Wildman–Crippen LogP) is 2.59. The molecule has 5 nitrogen and oxygen atoms in total. The second kappa shape index (κ2) is 9.60. The number of carbonyl (C=O) groups is 1. The molecule has 0 aliphatic heterocycles. The number of nitrogens with one attached hydrogen (secondary N) is 1. The van der Waals surface area contributed by atoms with E-state index in [-0.39, 0.29) is 17.0 Å². The Hall–Kier alpha value is -0.650. The van der Waals surface area contributed by atoms with E-state index in [2.05, 4.69) is 40.3 Å². The van der Waals surface area contributed by atoms with E-state index < -0.39 is 0 Å². The molecule has 0 aliphatic rings. The zero-order valence-electron chi connectivity index (χ0n) is 16.6. The molecule has 0 saturated heterocycles. The van der Waals surface area contributed by atoms with Gasteiger partial charge in [-0.15, -0.1) is 0 Å². The van der Waals surface area contributed by atoms with Gasteiger partial charge in [0.1, 0.15) is 6.54 Å². The Kier molecular flexibility index (Phi) is 9.33. The van der Waals surface area contributed by atoms with Gasteiger partial charge in [0.15, 0.2) is 0 Å². The average molecular weight is 332 g/mol. The van der Waals surface area contributed by atoms with Gasteiger partial charge < -0.3 is 19.3 Å². The van der Waals surface area contributed by atoms with E-state index in [1.54, 1.807) is 0 Å². The molecule has 0 rings (SSSR count). The zero-order valence-corrected chi connectivity index (χ0v) is 16.6. The first-order valence-corrected chi connectivity index (χ1v) is 8.70. The van der Waals surface area contributed by atoms with Crippen LogP contribution in [-0.4, -0.2) is 69.0 Å². The van der Waals surface area contributed by atoms with E-state index in [0.717, 1.165) is 30.5 Å². The number of likely N-dealkylation sites (N-methyl/N-ethyl adjacent to an activating group) is 1. The highest BCUT2D eigenvalue weighted by molar-refractivity contribution is 5.76. The first-order chi connectivity index (χ1) is 10.4. The minimum absolute atomic E-state index is 0.0833. The van der Waals surface area contributed by atoms with Crippen LogP contribution >= 0.6 is 0 Å². The van der Waals surface area contributed by atoms with Crippen molar-refractivity contribution in [2.24, 2.45) is 0 Å². The van der Waals surface area contributed by atoms with Gasteiger partial charge in [-0.25, -0.2) is 0 Å². The van der Waals surface area contributed by atoms with Crippen molar-refractivity contribution in [2.75, 3.05) is 47.5 Å². The van der Waals surface area contributed by atoms with Crippen LogP contribution in [0.3, 0.4) is 0 Å². The van der Waals surface area contributed by atoms with Crippen molar-refractivity contribution < 1.29 is 18.8 Å². The van der Waals surface area contributed by atoms with Crippen LogP contribution in [0.5, 0.6) is 0 Å². The van der Waals surface area contributed by atoms with Gasteiger partial charge in [0.2, 0.25) is 5.91 Å². The molecule has 0 spiro atoms.